The number of hydrogen-bond acceptors (Lipinski definition) is 3. The van der Waals surface area contributed by atoms with Crippen LogP contribution in [-0.4, -0.2) is 11.5 Å². The predicted octanol–water partition coefficient (Wildman–Crippen LogP) is 4.92. The molecule has 0 aliphatic heterocycles. The Morgan fingerprint density at radius 3 is 2.63 bits per heavy atom. The summed E-state index contributed by atoms with van der Waals surface area (Å²) in [5, 5.41) is 4.63. The molecule has 2 nitrogen and oxygen atoms in total. The SMILES string of the molecule is CCC1CCC(CNc2nc3ccccc3s2)CC1. The van der Waals surface area contributed by atoms with E-state index in [0.29, 0.717) is 0 Å². The monoisotopic (exact) mass is 274 g/mol. The van der Waals surface area contributed by atoms with Gasteiger partial charge < -0.3 is 5.32 Å². The summed E-state index contributed by atoms with van der Waals surface area (Å²) in [6, 6.07) is 8.36. The van der Waals surface area contributed by atoms with Gasteiger partial charge in [-0.15, -0.1) is 0 Å². The summed E-state index contributed by atoms with van der Waals surface area (Å²) in [7, 11) is 0. The summed E-state index contributed by atoms with van der Waals surface area (Å²) < 4.78 is 1.28. The van der Waals surface area contributed by atoms with Gasteiger partial charge in [-0.25, -0.2) is 4.98 Å². The second kappa shape index (κ2) is 5.91. The van der Waals surface area contributed by atoms with E-state index in [1.54, 1.807) is 11.3 Å². The summed E-state index contributed by atoms with van der Waals surface area (Å²) in [6.45, 7) is 3.42. The van der Waals surface area contributed by atoms with Gasteiger partial charge in [0.1, 0.15) is 0 Å². The molecule has 3 heteroatoms. The fourth-order valence-corrected chi connectivity index (χ4v) is 3.90. The highest BCUT2D eigenvalue weighted by Crippen LogP contribution is 2.31. The third kappa shape index (κ3) is 3.08. The van der Waals surface area contributed by atoms with Crippen LogP contribution in [0.15, 0.2) is 24.3 Å². The first kappa shape index (κ1) is 12.9. The Kier molecular flexibility index (Phi) is 4.02. The number of benzene rings is 1. The first-order chi connectivity index (χ1) is 9.35. The summed E-state index contributed by atoms with van der Waals surface area (Å²) in [4.78, 5) is 4.64. The number of thiazole rings is 1. The Hall–Kier alpha value is -1.09. The molecule has 1 aromatic carbocycles. The van der Waals surface area contributed by atoms with Crippen molar-refractivity contribution in [3.8, 4) is 0 Å². The summed E-state index contributed by atoms with van der Waals surface area (Å²) in [6.07, 6.45) is 6.97. The maximum Gasteiger partial charge on any atom is 0.183 e. The molecule has 2 aromatic rings. The topological polar surface area (TPSA) is 24.9 Å². The van der Waals surface area contributed by atoms with Crippen LogP contribution in [0.3, 0.4) is 0 Å². The predicted molar refractivity (Wildman–Crippen MR) is 83.8 cm³/mol. The number of aromatic nitrogens is 1. The van der Waals surface area contributed by atoms with Crippen LogP contribution in [0.5, 0.6) is 0 Å². The molecule has 1 saturated carbocycles. The highest BCUT2D eigenvalue weighted by molar-refractivity contribution is 7.22. The zero-order valence-electron chi connectivity index (χ0n) is 11.6. The van der Waals surface area contributed by atoms with E-state index in [9.17, 15) is 0 Å². The molecule has 0 bridgehead atoms. The maximum atomic E-state index is 4.64. The molecule has 0 saturated heterocycles. The molecule has 1 heterocycles. The molecule has 3 rings (SSSR count). The standard InChI is InChI=1S/C16H22N2S/c1-2-12-7-9-13(10-8-12)11-17-16-18-14-5-3-4-6-15(14)19-16/h3-6,12-13H,2,7-11H2,1H3,(H,17,18). The minimum absolute atomic E-state index is 0.842. The Balaban J connectivity index is 1.55. The number of anilines is 1. The quantitative estimate of drug-likeness (QED) is 0.855. The average Bonchev–Trinajstić information content (AvgIpc) is 2.88. The van der Waals surface area contributed by atoms with Crippen LogP contribution in [0.1, 0.15) is 39.0 Å². The number of hydrogen-bond donors (Lipinski definition) is 1. The number of nitrogens with one attached hydrogen (secondary N) is 1. The minimum atomic E-state index is 0.842. The van der Waals surface area contributed by atoms with Crippen molar-refractivity contribution < 1.29 is 0 Å². The van der Waals surface area contributed by atoms with Crippen LogP contribution in [0.25, 0.3) is 10.2 Å². The highest BCUT2D eigenvalue weighted by Gasteiger charge is 2.19. The molecule has 0 spiro atoms. The summed E-state index contributed by atoms with van der Waals surface area (Å²) >= 11 is 1.77. The van der Waals surface area contributed by atoms with Gasteiger partial charge in [0.2, 0.25) is 0 Å². The molecular formula is C16H22N2S. The molecule has 0 atom stereocenters. The van der Waals surface area contributed by atoms with Gasteiger partial charge in [-0.05, 0) is 36.8 Å². The Bertz CT molecular complexity index is 493. The minimum Gasteiger partial charge on any atom is -0.361 e. The second-order valence-corrected chi connectivity index (χ2v) is 6.69. The van der Waals surface area contributed by atoms with E-state index < -0.39 is 0 Å². The van der Waals surface area contributed by atoms with Crippen LogP contribution in [0.4, 0.5) is 5.13 Å². The Labute approximate surface area is 119 Å². The molecule has 0 amide bonds. The Morgan fingerprint density at radius 2 is 1.89 bits per heavy atom. The van der Waals surface area contributed by atoms with Crippen LogP contribution < -0.4 is 5.32 Å². The van der Waals surface area contributed by atoms with Crippen molar-refractivity contribution in [1.29, 1.82) is 0 Å². The van der Waals surface area contributed by atoms with Gasteiger partial charge in [-0.2, -0.15) is 0 Å². The van der Waals surface area contributed by atoms with Gasteiger partial charge in [-0.1, -0.05) is 49.7 Å². The molecule has 1 N–H and O–H groups in total. The lowest BCUT2D eigenvalue weighted by molar-refractivity contribution is 0.278. The maximum absolute atomic E-state index is 4.64. The molecule has 1 fully saturated rings. The van der Waals surface area contributed by atoms with E-state index in [1.165, 1.54) is 36.8 Å². The van der Waals surface area contributed by atoms with Crippen molar-refractivity contribution in [2.24, 2.45) is 11.8 Å². The van der Waals surface area contributed by atoms with Gasteiger partial charge in [0.05, 0.1) is 10.2 Å². The zero-order valence-corrected chi connectivity index (χ0v) is 12.4. The summed E-state index contributed by atoms with van der Waals surface area (Å²) in [5.41, 5.74) is 1.12. The van der Waals surface area contributed by atoms with Gasteiger partial charge in [0.25, 0.3) is 0 Å². The third-order valence-corrected chi connectivity index (χ3v) is 5.37. The van der Waals surface area contributed by atoms with Crippen LogP contribution in [0.2, 0.25) is 0 Å². The highest BCUT2D eigenvalue weighted by atomic mass is 32.1. The fraction of sp³-hybridized carbons (Fsp3) is 0.562. The molecule has 0 radical (unpaired) electrons. The van der Waals surface area contributed by atoms with Crippen LogP contribution >= 0.6 is 11.3 Å². The summed E-state index contributed by atoms with van der Waals surface area (Å²) in [5.74, 6) is 1.83. The van der Waals surface area contributed by atoms with E-state index in [2.05, 4.69) is 41.5 Å². The van der Waals surface area contributed by atoms with Crippen molar-refractivity contribution >= 4 is 26.7 Å². The number of rotatable bonds is 4. The van der Waals surface area contributed by atoms with Gasteiger partial charge in [-0.3, -0.25) is 0 Å². The van der Waals surface area contributed by atoms with E-state index in [4.69, 9.17) is 0 Å². The zero-order chi connectivity index (χ0) is 13.1. The van der Waals surface area contributed by atoms with Crippen molar-refractivity contribution in [3.63, 3.8) is 0 Å². The number of nitrogens with zero attached hydrogens (tertiary/aromatic N) is 1. The van der Waals surface area contributed by atoms with Crippen molar-refractivity contribution in [3.05, 3.63) is 24.3 Å². The smallest absolute Gasteiger partial charge is 0.183 e. The average molecular weight is 274 g/mol. The fourth-order valence-electron chi connectivity index (χ4n) is 3.02. The first-order valence-corrected chi connectivity index (χ1v) is 8.26. The number of para-hydroxylation sites is 1. The third-order valence-electron chi connectivity index (χ3n) is 4.38. The normalized spacial score (nSPS) is 23.6. The number of fused-ring (bicyclic) bond motifs is 1. The lowest BCUT2D eigenvalue weighted by atomic mass is 9.81. The molecule has 19 heavy (non-hydrogen) atoms. The first-order valence-electron chi connectivity index (χ1n) is 7.44. The van der Waals surface area contributed by atoms with Crippen molar-refractivity contribution in [2.75, 3.05) is 11.9 Å². The van der Waals surface area contributed by atoms with Gasteiger partial charge in [0, 0.05) is 6.54 Å². The van der Waals surface area contributed by atoms with Crippen LogP contribution in [0, 0.1) is 11.8 Å². The van der Waals surface area contributed by atoms with Gasteiger partial charge in [0.15, 0.2) is 5.13 Å². The van der Waals surface area contributed by atoms with E-state index in [1.807, 2.05) is 0 Å². The van der Waals surface area contributed by atoms with E-state index >= 15 is 0 Å². The molecular weight excluding hydrogens is 252 g/mol. The molecule has 102 valence electrons. The van der Waals surface area contributed by atoms with Crippen molar-refractivity contribution in [2.45, 2.75) is 39.0 Å². The van der Waals surface area contributed by atoms with Gasteiger partial charge >= 0.3 is 0 Å². The lowest BCUT2D eigenvalue weighted by Gasteiger charge is -2.27. The van der Waals surface area contributed by atoms with Crippen LogP contribution in [-0.2, 0) is 0 Å². The molecule has 1 aliphatic carbocycles. The second-order valence-electron chi connectivity index (χ2n) is 5.66. The lowest BCUT2D eigenvalue weighted by Crippen LogP contribution is -2.20. The molecule has 1 aliphatic rings. The van der Waals surface area contributed by atoms with E-state index in [-0.39, 0.29) is 0 Å². The largest absolute Gasteiger partial charge is 0.361 e. The van der Waals surface area contributed by atoms with Crippen molar-refractivity contribution in [1.82, 2.24) is 4.98 Å². The Morgan fingerprint density at radius 1 is 1.16 bits per heavy atom. The van der Waals surface area contributed by atoms with E-state index in [0.717, 1.165) is 29.0 Å². The molecule has 0 unspecified atom stereocenters. The molecule has 1 aromatic heterocycles.